The Labute approximate surface area is 186 Å². The number of aromatic nitrogens is 2. The molecule has 3 heterocycles. The van der Waals surface area contributed by atoms with Crippen LogP contribution in [-0.4, -0.2) is 55.0 Å². The van der Waals surface area contributed by atoms with E-state index in [4.69, 9.17) is 0 Å². The summed E-state index contributed by atoms with van der Waals surface area (Å²) in [7, 11) is -3.63. The average molecular weight is 453 g/mol. The lowest BCUT2D eigenvalue weighted by Crippen LogP contribution is -2.43. The third-order valence-electron chi connectivity index (χ3n) is 5.85. The van der Waals surface area contributed by atoms with E-state index in [1.54, 1.807) is 42.5 Å². The smallest absolute Gasteiger partial charge is 0.256 e. The lowest BCUT2D eigenvalue weighted by Gasteiger charge is -2.29. The maximum atomic E-state index is 12.9. The lowest BCUT2D eigenvalue weighted by atomic mass is 10.1. The fourth-order valence-corrected chi connectivity index (χ4v) is 5.45. The molecule has 1 amide bonds. The molecule has 0 bridgehead atoms. The molecule has 2 aromatic carbocycles. The van der Waals surface area contributed by atoms with E-state index in [1.807, 2.05) is 12.1 Å². The van der Waals surface area contributed by atoms with Gasteiger partial charge in [0.25, 0.3) is 5.91 Å². The Kier molecular flexibility index (Phi) is 5.41. The largest absolute Gasteiger partial charge is 0.369 e. The standard InChI is InChI=1S/C22H24N6O3S/c29-22(16-6-8-17(9-7-16)27-12-10-23-11-13-27)24-21-19-14-28(15-20(19)25-26-21)32(30,31)18-4-2-1-3-5-18/h1-9,23H,10-15H2,(H2,24,25,26,29). The number of fused-ring (bicyclic) bond motifs is 1. The predicted octanol–water partition coefficient (Wildman–Crippen LogP) is 1.78. The van der Waals surface area contributed by atoms with E-state index in [0.717, 1.165) is 31.9 Å². The SMILES string of the molecule is O=C(Nc1n[nH]c2c1CN(S(=O)(=O)c1ccccc1)C2)c1ccc(N2CCNCC2)cc1. The number of anilines is 2. The molecule has 1 aromatic heterocycles. The van der Waals surface area contributed by atoms with Crippen molar-refractivity contribution in [3.8, 4) is 0 Å². The second-order valence-electron chi connectivity index (χ2n) is 7.85. The van der Waals surface area contributed by atoms with Crippen molar-refractivity contribution in [2.45, 2.75) is 18.0 Å². The number of hydrogen-bond donors (Lipinski definition) is 3. The summed E-state index contributed by atoms with van der Waals surface area (Å²) in [5.41, 5.74) is 2.99. The molecule has 1 saturated heterocycles. The minimum atomic E-state index is -3.63. The molecule has 1 fully saturated rings. The van der Waals surface area contributed by atoms with E-state index in [-0.39, 0.29) is 23.9 Å². The van der Waals surface area contributed by atoms with Crippen molar-refractivity contribution < 1.29 is 13.2 Å². The van der Waals surface area contributed by atoms with E-state index < -0.39 is 10.0 Å². The Morgan fingerprint density at radius 1 is 0.969 bits per heavy atom. The van der Waals surface area contributed by atoms with E-state index in [2.05, 4.69) is 25.7 Å². The summed E-state index contributed by atoms with van der Waals surface area (Å²) in [5, 5.41) is 13.2. The molecule has 9 nitrogen and oxygen atoms in total. The highest BCUT2D eigenvalue weighted by Gasteiger charge is 2.34. The van der Waals surface area contributed by atoms with Gasteiger partial charge in [-0.3, -0.25) is 9.89 Å². The summed E-state index contributed by atoms with van der Waals surface area (Å²) in [4.78, 5) is 15.3. The lowest BCUT2D eigenvalue weighted by molar-refractivity contribution is 0.102. The van der Waals surface area contributed by atoms with Crippen LogP contribution in [0.5, 0.6) is 0 Å². The second kappa shape index (κ2) is 8.38. The molecule has 0 spiro atoms. The molecular weight excluding hydrogens is 428 g/mol. The first-order valence-electron chi connectivity index (χ1n) is 10.5. The number of nitrogens with one attached hydrogen (secondary N) is 3. The molecular formula is C22H24N6O3S. The number of hydrogen-bond acceptors (Lipinski definition) is 6. The van der Waals surface area contributed by atoms with Crippen molar-refractivity contribution in [1.29, 1.82) is 0 Å². The summed E-state index contributed by atoms with van der Waals surface area (Å²) in [6, 6.07) is 15.8. The third-order valence-corrected chi connectivity index (χ3v) is 7.65. The number of aromatic amines is 1. The van der Waals surface area contributed by atoms with Gasteiger partial charge in [0.1, 0.15) is 0 Å². The molecule has 32 heavy (non-hydrogen) atoms. The fourth-order valence-electron chi connectivity index (χ4n) is 4.05. The van der Waals surface area contributed by atoms with Crippen LogP contribution in [0.25, 0.3) is 0 Å². The van der Waals surface area contributed by atoms with Crippen molar-refractivity contribution in [1.82, 2.24) is 19.8 Å². The fraction of sp³-hybridized carbons (Fsp3) is 0.273. The molecule has 10 heteroatoms. The third kappa shape index (κ3) is 3.88. The molecule has 0 aliphatic carbocycles. The van der Waals surface area contributed by atoms with Crippen LogP contribution < -0.4 is 15.5 Å². The average Bonchev–Trinajstić information content (AvgIpc) is 3.43. The summed E-state index contributed by atoms with van der Waals surface area (Å²) in [5.74, 6) is 0.0810. The Morgan fingerprint density at radius 3 is 2.41 bits per heavy atom. The highest BCUT2D eigenvalue weighted by molar-refractivity contribution is 7.89. The number of benzene rings is 2. The van der Waals surface area contributed by atoms with Crippen LogP contribution in [-0.2, 0) is 23.1 Å². The van der Waals surface area contributed by atoms with Gasteiger partial charge in [0.2, 0.25) is 10.0 Å². The number of nitrogens with zero attached hydrogens (tertiary/aromatic N) is 3. The molecule has 2 aliphatic heterocycles. The zero-order valence-electron chi connectivity index (χ0n) is 17.4. The van der Waals surface area contributed by atoms with Crippen molar-refractivity contribution in [3.05, 3.63) is 71.4 Å². The quantitative estimate of drug-likeness (QED) is 0.544. The molecule has 3 N–H and O–H groups in total. The Balaban J connectivity index is 1.28. The number of piperazine rings is 1. The van der Waals surface area contributed by atoms with Gasteiger partial charge in [-0.1, -0.05) is 18.2 Å². The molecule has 5 rings (SSSR count). The summed E-state index contributed by atoms with van der Waals surface area (Å²) < 4.78 is 27.2. The number of amides is 1. The van der Waals surface area contributed by atoms with E-state index in [0.29, 0.717) is 22.6 Å². The van der Waals surface area contributed by atoms with Gasteiger partial charge >= 0.3 is 0 Å². The van der Waals surface area contributed by atoms with Gasteiger partial charge in [-0.15, -0.1) is 0 Å². The minimum absolute atomic E-state index is 0.153. The zero-order valence-corrected chi connectivity index (χ0v) is 18.2. The van der Waals surface area contributed by atoms with Crippen LogP contribution in [0.15, 0.2) is 59.5 Å². The van der Waals surface area contributed by atoms with Crippen LogP contribution >= 0.6 is 0 Å². The van der Waals surface area contributed by atoms with Crippen LogP contribution in [0.1, 0.15) is 21.6 Å². The number of carbonyl (C=O) groups is 1. The Morgan fingerprint density at radius 2 is 1.69 bits per heavy atom. The van der Waals surface area contributed by atoms with Crippen molar-refractivity contribution in [2.75, 3.05) is 36.4 Å². The maximum Gasteiger partial charge on any atom is 0.256 e. The number of rotatable bonds is 5. The number of carbonyl (C=O) groups excluding carboxylic acids is 1. The van der Waals surface area contributed by atoms with Crippen molar-refractivity contribution in [2.24, 2.45) is 0 Å². The molecule has 0 radical (unpaired) electrons. The van der Waals surface area contributed by atoms with E-state index >= 15 is 0 Å². The van der Waals surface area contributed by atoms with Gasteiger partial charge in [-0.25, -0.2) is 8.42 Å². The Hall–Kier alpha value is -3.21. The normalized spacial score (nSPS) is 16.7. The van der Waals surface area contributed by atoms with Crippen LogP contribution in [0.2, 0.25) is 0 Å². The second-order valence-corrected chi connectivity index (χ2v) is 9.79. The van der Waals surface area contributed by atoms with Gasteiger partial charge in [-0.05, 0) is 36.4 Å². The summed E-state index contributed by atoms with van der Waals surface area (Å²) in [6.45, 7) is 4.11. The van der Waals surface area contributed by atoms with Crippen molar-refractivity contribution >= 4 is 27.4 Å². The topological polar surface area (TPSA) is 110 Å². The van der Waals surface area contributed by atoms with E-state index in [9.17, 15) is 13.2 Å². The van der Waals surface area contributed by atoms with Crippen molar-refractivity contribution in [3.63, 3.8) is 0 Å². The first kappa shape index (κ1) is 20.7. The van der Waals surface area contributed by atoms with Gasteiger partial charge in [0.15, 0.2) is 5.82 Å². The first-order chi connectivity index (χ1) is 15.5. The minimum Gasteiger partial charge on any atom is -0.369 e. The zero-order chi connectivity index (χ0) is 22.1. The predicted molar refractivity (Wildman–Crippen MR) is 121 cm³/mol. The highest BCUT2D eigenvalue weighted by Crippen LogP contribution is 2.31. The molecule has 2 aliphatic rings. The van der Waals surface area contributed by atoms with Gasteiger partial charge in [0.05, 0.1) is 17.1 Å². The molecule has 0 atom stereocenters. The van der Waals surface area contributed by atoms with Gasteiger partial charge in [0, 0.05) is 49.5 Å². The molecule has 0 saturated carbocycles. The maximum absolute atomic E-state index is 12.9. The molecule has 0 unspecified atom stereocenters. The monoisotopic (exact) mass is 452 g/mol. The molecule has 166 valence electrons. The van der Waals surface area contributed by atoms with E-state index in [1.165, 1.54) is 4.31 Å². The first-order valence-corrected chi connectivity index (χ1v) is 11.9. The summed E-state index contributed by atoms with van der Waals surface area (Å²) in [6.07, 6.45) is 0. The number of H-pyrrole nitrogens is 1. The Bertz CT molecular complexity index is 1220. The van der Waals surface area contributed by atoms with Gasteiger partial charge in [-0.2, -0.15) is 9.40 Å². The number of sulfonamides is 1. The van der Waals surface area contributed by atoms with Crippen LogP contribution in [0.4, 0.5) is 11.5 Å². The van der Waals surface area contributed by atoms with Crippen LogP contribution in [0, 0.1) is 0 Å². The van der Waals surface area contributed by atoms with Crippen LogP contribution in [0.3, 0.4) is 0 Å². The highest BCUT2D eigenvalue weighted by atomic mass is 32.2. The summed E-state index contributed by atoms with van der Waals surface area (Å²) >= 11 is 0. The molecule has 3 aromatic rings. The van der Waals surface area contributed by atoms with Gasteiger partial charge < -0.3 is 15.5 Å².